The summed E-state index contributed by atoms with van der Waals surface area (Å²) in [6.45, 7) is 16.3. The van der Waals surface area contributed by atoms with Crippen molar-refractivity contribution < 1.29 is 0 Å². The molecule has 0 amide bonds. The number of hydrogen-bond donors (Lipinski definition) is 1. The van der Waals surface area contributed by atoms with Gasteiger partial charge in [0.05, 0.1) is 0 Å². The van der Waals surface area contributed by atoms with Crippen LogP contribution in [-0.2, 0) is 0 Å². The van der Waals surface area contributed by atoms with Gasteiger partial charge in [-0.15, -0.1) is 0 Å². The molecule has 1 saturated heterocycles. The van der Waals surface area contributed by atoms with Gasteiger partial charge >= 0.3 is 0 Å². The van der Waals surface area contributed by atoms with Gasteiger partial charge in [0, 0.05) is 30.7 Å². The average Bonchev–Trinajstić information content (AvgIpc) is 2.23. The second kappa shape index (κ2) is 6.19. The molecular weight excluding hydrogens is 208 g/mol. The van der Waals surface area contributed by atoms with Crippen molar-refractivity contribution in [1.82, 2.24) is 10.2 Å². The Bertz CT molecular complexity index is 219. The summed E-state index contributed by atoms with van der Waals surface area (Å²) in [4.78, 5) is 2.77. The van der Waals surface area contributed by atoms with Crippen LogP contribution in [0.5, 0.6) is 0 Å². The van der Waals surface area contributed by atoms with Crippen LogP contribution in [0.25, 0.3) is 0 Å². The summed E-state index contributed by atoms with van der Waals surface area (Å²) in [7, 11) is 0. The largest absolute Gasteiger partial charge is 0.309 e. The molecule has 0 bridgehead atoms. The SMILES string of the molecule is CCC(CC)N1CC(C)(C)NCC1CC(C)C. The van der Waals surface area contributed by atoms with Crippen molar-refractivity contribution in [3.63, 3.8) is 0 Å². The molecule has 0 aromatic heterocycles. The van der Waals surface area contributed by atoms with Crippen LogP contribution in [-0.4, -0.2) is 35.6 Å². The molecule has 0 spiro atoms. The van der Waals surface area contributed by atoms with Gasteiger partial charge in [0.2, 0.25) is 0 Å². The molecule has 1 fully saturated rings. The molecule has 2 heteroatoms. The zero-order valence-corrected chi connectivity index (χ0v) is 12.7. The molecule has 0 aliphatic carbocycles. The molecule has 1 unspecified atom stereocenters. The normalized spacial score (nSPS) is 25.8. The van der Waals surface area contributed by atoms with Crippen LogP contribution in [0.3, 0.4) is 0 Å². The second-order valence-corrected chi connectivity index (χ2v) is 6.69. The first-order chi connectivity index (χ1) is 7.89. The number of nitrogens with one attached hydrogen (secondary N) is 1. The van der Waals surface area contributed by atoms with Crippen molar-refractivity contribution in [1.29, 1.82) is 0 Å². The van der Waals surface area contributed by atoms with Crippen molar-refractivity contribution in [3.8, 4) is 0 Å². The summed E-state index contributed by atoms with van der Waals surface area (Å²) < 4.78 is 0. The molecule has 2 nitrogen and oxygen atoms in total. The van der Waals surface area contributed by atoms with E-state index in [9.17, 15) is 0 Å². The molecule has 1 heterocycles. The Morgan fingerprint density at radius 1 is 1.24 bits per heavy atom. The molecular formula is C15H32N2. The highest BCUT2D eigenvalue weighted by Gasteiger charge is 2.35. The maximum atomic E-state index is 3.71. The van der Waals surface area contributed by atoms with Crippen LogP contribution in [0.15, 0.2) is 0 Å². The number of hydrogen-bond acceptors (Lipinski definition) is 2. The van der Waals surface area contributed by atoms with Crippen molar-refractivity contribution in [2.75, 3.05) is 13.1 Å². The van der Waals surface area contributed by atoms with Crippen LogP contribution in [0.1, 0.15) is 60.8 Å². The predicted octanol–water partition coefficient (Wildman–Crippen LogP) is 3.27. The van der Waals surface area contributed by atoms with E-state index in [1.165, 1.54) is 25.8 Å². The van der Waals surface area contributed by atoms with E-state index in [4.69, 9.17) is 0 Å². The third-order valence-electron chi connectivity index (χ3n) is 4.02. The van der Waals surface area contributed by atoms with Gasteiger partial charge in [0.25, 0.3) is 0 Å². The minimum absolute atomic E-state index is 0.274. The van der Waals surface area contributed by atoms with E-state index in [0.29, 0.717) is 0 Å². The molecule has 1 aliphatic rings. The van der Waals surface area contributed by atoms with E-state index >= 15 is 0 Å². The Labute approximate surface area is 108 Å². The monoisotopic (exact) mass is 240 g/mol. The molecule has 0 aromatic carbocycles. The Morgan fingerprint density at radius 2 is 1.82 bits per heavy atom. The van der Waals surface area contributed by atoms with Crippen molar-refractivity contribution in [3.05, 3.63) is 0 Å². The Hall–Kier alpha value is -0.0800. The molecule has 0 radical (unpaired) electrons. The molecule has 102 valence electrons. The fraction of sp³-hybridized carbons (Fsp3) is 1.00. The fourth-order valence-corrected chi connectivity index (χ4v) is 3.10. The third-order valence-corrected chi connectivity index (χ3v) is 4.02. The zero-order valence-electron chi connectivity index (χ0n) is 12.7. The van der Waals surface area contributed by atoms with Crippen LogP contribution in [0.4, 0.5) is 0 Å². The van der Waals surface area contributed by atoms with Crippen molar-refractivity contribution in [2.24, 2.45) is 5.92 Å². The quantitative estimate of drug-likeness (QED) is 0.793. The van der Waals surface area contributed by atoms with Gasteiger partial charge < -0.3 is 5.32 Å². The van der Waals surface area contributed by atoms with E-state index < -0.39 is 0 Å². The van der Waals surface area contributed by atoms with Crippen LogP contribution in [0.2, 0.25) is 0 Å². The summed E-state index contributed by atoms with van der Waals surface area (Å²) in [5.41, 5.74) is 0.274. The zero-order chi connectivity index (χ0) is 13.1. The fourth-order valence-electron chi connectivity index (χ4n) is 3.10. The second-order valence-electron chi connectivity index (χ2n) is 6.69. The lowest BCUT2D eigenvalue weighted by molar-refractivity contribution is 0.0404. The first-order valence-electron chi connectivity index (χ1n) is 7.40. The van der Waals surface area contributed by atoms with Gasteiger partial charge in [-0.25, -0.2) is 0 Å². The minimum Gasteiger partial charge on any atom is -0.309 e. The van der Waals surface area contributed by atoms with Crippen LogP contribution >= 0.6 is 0 Å². The molecule has 0 saturated carbocycles. The molecule has 1 rings (SSSR count). The first-order valence-corrected chi connectivity index (χ1v) is 7.40. The van der Waals surface area contributed by atoms with E-state index in [1.807, 2.05) is 0 Å². The van der Waals surface area contributed by atoms with E-state index in [1.54, 1.807) is 0 Å². The van der Waals surface area contributed by atoms with Crippen molar-refractivity contribution in [2.45, 2.75) is 78.4 Å². The summed E-state index contributed by atoms with van der Waals surface area (Å²) in [5, 5.41) is 3.71. The highest BCUT2D eigenvalue weighted by molar-refractivity contribution is 4.94. The Balaban J connectivity index is 2.74. The van der Waals surface area contributed by atoms with Gasteiger partial charge in [0.1, 0.15) is 0 Å². The van der Waals surface area contributed by atoms with Crippen LogP contribution in [0, 0.1) is 5.92 Å². The molecule has 0 aromatic rings. The van der Waals surface area contributed by atoms with Gasteiger partial charge in [-0.3, -0.25) is 4.90 Å². The van der Waals surface area contributed by atoms with E-state index in [0.717, 1.165) is 24.5 Å². The molecule has 1 atom stereocenters. The summed E-state index contributed by atoms with van der Waals surface area (Å²) >= 11 is 0. The first kappa shape index (κ1) is 15.0. The summed E-state index contributed by atoms with van der Waals surface area (Å²) in [5.74, 6) is 0.792. The number of piperazine rings is 1. The minimum atomic E-state index is 0.274. The van der Waals surface area contributed by atoms with E-state index in [2.05, 4.69) is 51.8 Å². The van der Waals surface area contributed by atoms with Crippen molar-refractivity contribution >= 4 is 0 Å². The number of rotatable bonds is 5. The number of nitrogens with zero attached hydrogens (tertiary/aromatic N) is 1. The summed E-state index contributed by atoms with van der Waals surface area (Å²) in [6.07, 6.45) is 3.88. The standard InChI is InChI=1S/C15H32N2/c1-7-13(8-2)17-11-15(5,6)16-10-14(17)9-12(3)4/h12-14,16H,7-11H2,1-6H3. The average molecular weight is 240 g/mol. The predicted molar refractivity (Wildman–Crippen MR) is 76.4 cm³/mol. The highest BCUT2D eigenvalue weighted by atomic mass is 15.3. The molecule has 17 heavy (non-hydrogen) atoms. The lowest BCUT2D eigenvalue weighted by Gasteiger charge is -2.48. The molecule has 1 aliphatic heterocycles. The van der Waals surface area contributed by atoms with Gasteiger partial charge in [-0.05, 0) is 39.0 Å². The van der Waals surface area contributed by atoms with Gasteiger partial charge in [0.15, 0.2) is 0 Å². The van der Waals surface area contributed by atoms with Gasteiger partial charge in [-0.2, -0.15) is 0 Å². The third kappa shape index (κ3) is 4.26. The maximum Gasteiger partial charge on any atom is 0.0253 e. The molecule has 1 N–H and O–H groups in total. The highest BCUT2D eigenvalue weighted by Crippen LogP contribution is 2.24. The Morgan fingerprint density at radius 3 is 2.29 bits per heavy atom. The lowest BCUT2D eigenvalue weighted by atomic mass is 9.91. The van der Waals surface area contributed by atoms with Gasteiger partial charge in [-0.1, -0.05) is 27.7 Å². The van der Waals surface area contributed by atoms with E-state index in [-0.39, 0.29) is 5.54 Å². The maximum absolute atomic E-state index is 3.71. The van der Waals surface area contributed by atoms with Crippen LogP contribution < -0.4 is 5.32 Å². The summed E-state index contributed by atoms with van der Waals surface area (Å²) in [6, 6.07) is 1.49. The topological polar surface area (TPSA) is 15.3 Å². The lowest BCUT2D eigenvalue weighted by Crippen LogP contribution is -2.63. The Kier molecular flexibility index (Phi) is 5.46. The smallest absolute Gasteiger partial charge is 0.0253 e.